The molecule has 1 spiro atoms. The summed E-state index contributed by atoms with van der Waals surface area (Å²) in [4.78, 5) is 40.5. The molecule has 1 saturated heterocycles. The standard InChI is InChI=1S/C22H19ClFN3O3/c23-17-4-1-14(2-5-17)11-27-20(29)12-26(19-6-3-15(10-25)7-18(19)24)21(30)22(27)8-16(9-22)13-28/h1-4,6-7,13,16-17H,5,8-9,11-12H2. The number of rotatable bonds is 4. The van der Waals surface area contributed by atoms with Crippen molar-refractivity contribution in [3.8, 4) is 6.07 Å². The van der Waals surface area contributed by atoms with Crippen LogP contribution < -0.4 is 4.90 Å². The van der Waals surface area contributed by atoms with Gasteiger partial charge < -0.3 is 9.69 Å². The first-order valence-corrected chi connectivity index (χ1v) is 10.1. The van der Waals surface area contributed by atoms with Gasteiger partial charge in [-0.3, -0.25) is 14.5 Å². The van der Waals surface area contributed by atoms with Gasteiger partial charge in [-0.05, 0) is 43.0 Å². The number of anilines is 1. The number of hydrogen-bond donors (Lipinski definition) is 0. The maximum absolute atomic E-state index is 14.6. The van der Waals surface area contributed by atoms with Gasteiger partial charge in [0, 0.05) is 12.5 Å². The fourth-order valence-corrected chi connectivity index (χ4v) is 4.53. The van der Waals surface area contributed by atoms with Crippen molar-refractivity contribution in [2.75, 3.05) is 18.0 Å². The fourth-order valence-electron chi connectivity index (χ4n) is 4.36. The molecular formula is C22H19ClFN3O3. The van der Waals surface area contributed by atoms with E-state index in [9.17, 15) is 18.8 Å². The van der Waals surface area contributed by atoms with Crippen molar-refractivity contribution in [3.63, 3.8) is 0 Å². The molecular weight excluding hydrogens is 409 g/mol. The topological polar surface area (TPSA) is 81.5 Å². The highest BCUT2D eigenvalue weighted by Crippen LogP contribution is 2.46. The molecule has 2 fully saturated rings. The van der Waals surface area contributed by atoms with Crippen LogP contribution in [0.5, 0.6) is 0 Å². The molecule has 1 heterocycles. The van der Waals surface area contributed by atoms with Crippen molar-refractivity contribution >= 4 is 35.4 Å². The summed E-state index contributed by atoms with van der Waals surface area (Å²) in [5, 5.41) is 8.84. The number of halogens is 2. The molecule has 154 valence electrons. The second kappa shape index (κ2) is 7.69. The molecule has 0 bridgehead atoms. The number of allylic oxidation sites excluding steroid dienone is 2. The Morgan fingerprint density at radius 1 is 1.33 bits per heavy atom. The van der Waals surface area contributed by atoms with Crippen molar-refractivity contribution in [3.05, 3.63) is 53.4 Å². The Morgan fingerprint density at radius 2 is 2.10 bits per heavy atom. The van der Waals surface area contributed by atoms with Gasteiger partial charge in [0.1, 0.15) is 24.2 Å². The van der Waals surface area contributed by atoms with Crippen molar-refractivity contribution < 1.29 is 18.8 Å². The van der Waals surface area contributed by atoms with E-state index < -0.39 is 17.3 Å². The van der Waals surface area contributed by atoms with E-state index in [1.165, 1.54) is 17.0 Å². The Morgan fingerprint density at radius 3 is 2.70 bits per heavy atom. The van der Waals surface area contributed by atoms with Gasteiger partial charge >= 0.3 is 0 Å². The van der Waals surface area contributed by atoms with Gasteiger partial charge in [-0.2, -0.15) is 5.26 Å². The molecule has 1 aromatic rings. The first-order valence-electron chi connectivity index (χ1n) is 9.66. The van der Waals surface area contributed by atoms with Crippen LogP contribution in [0.2, 0.25) is 0 Å². The minimum Gasteiger partial charge on any atom is -0.322 e. The fraction of sp³-hybridized carbons (Fsp3) is 0.364. The predicted octanol–water partition coefficient (Wildman–Crippen LogP) is 2.71. The molecule has 0 radical (unpaired) electrons. The van der Waals surface area contributed by atoms with E-state index in [2.05, 4.69) is 0 Å². The summed E-state index contributed by atoms with van der Waals surface area (Å²) in [5.41, 5.74) is -0.211. The lowest BCUT2D eigenvalue weighted by Gasteiger charge is -2.56. The zero-order valence-corrected chi connectivity index (χ0v) is 16.8. The zero-order chi connectivity index (χ0) is 21.5. The average Bonchev–Trinajstić information content (AvgIpc) is 2.71. The van der Waals surface area contributed by atoms with E-state index >= 15 is 0 Å². The van der Waals surface area contributed by atoms with Gasteiger partial charge in [-0.1, -0.05) is 18.2 Å². The van der Waals surface area contributed by atoms with Crippen LogP contribution in [0, 0.1) is 23.1 Å². The van der Waals surface area contributed by atoms with E-state index in [1.54, 1.807) is 0 Å². The molecule has 1 aliphatic heterocycles. The van der Waals surface area contributed by atoms with Crippen molar-refractivity contribution in [1.82, 2.24) is 4.90 Å². The number of carbonyl (C=O) groups excluding carboxylic acids is 3. The van der Waals surface area contributed by atoms with Crippen LogP contribution in [0.1, 0.15) is 24.8 Å². The number of nitrogens with zero attached hydrogens (tertiary/aromatic N) is 3. The van der Waals surface area contributed by atoms with Gasteiger partial charge in [-0.15, -0.1) is 11.6 Å². The third-order valence-electron chi connectivity index (χ3n) is 5.98. The van der Waals surface area contributed by atoms with Gasteiger partial charge in [0.15, 0.2) is 0 Å². The number of carbonyl (C=O) groups is 3. The quantitative estimate of drug-likeness (QED) is 0.546. The van der Waals surface area contributed by atoms with Gasteiger partial charge in [0.2, 0.25) is 5.91 Å². The van der Waals surface area contributed by atoms with E-state index in [0.29, 0.717) is 6.42 Å². The number of alkyl halides is 1. The SMILES string of the molecule is N#Cc1ccc(N2CC(=O)N(CC3=CCC(Cl)C=C3)C3(CC(C=O)C3)C2=O)c(F)c1. The summed E-state index contributed by atoms with van der Waals surface area (Å²) < 4.78 is 14.6. The third kappa shape index (κ3) is 3.31. The molecule has 6 nitrogen and oxygen atoms in total. The Balaban J connectivity index is 1.66. The highest BCUT2D eigenvalue weighted by molar-refractivity contribution is 6.22. The predicted molar refractivity (Wildman–Crippen MR) is 108 cm³/mol. The first-order chi connectivity index (χ1) is 14.4. The zero-order valence-electron chi connectivity index (χ0n) is 16.1. The lowest BCUT2D eigenvalue weighted by molar-refractivity contribution is -0.160. The monoisotopic (exact) mass is 427 g/mol. The summed E-state index contributed by atoms with van der Waals surface area (Å²) >= 11 is 6.07. The van der Waals surface area contributed by atoms with Crippen LogP contribution in [-0.4, -0.2) is 47.0 Å². The van der Waals surface area contributed by atoms with E-state index in [1.807, 2.05) is 24.3 Å². The molecule has 0 aromatic heterocycles. The molecule has 1 aromatic carbocycles. The summed E-state index contributed by atoms with van der Waals surface area (Å²) in [6, 6.07) is 5.63. The number of hydrogen-bond acceptors (Lipinski definition) is 4. The Bertz CT molecular complexity index is 1020. The van der Waals surface area contributed by atoms with E-state index in [0.717, 1.165) is 22.8 Å². The molecule has 0 N–H and O–H groups in total. The first kappa shape index (κ1) is 20.3. The van der Waals surface area contributed by atoms with Crippen molar-refractivity contribution in [2.24, 2.45) is 5.92 Å². The number of nitriles is 1. The molecule has 8 heteroatoms. The molecule has 2 amide bonds. The summed E-state index contributed by atoms with van der Waals surface area (Å²) in [6.07, 6.45) is 7.47. The van der Waals surface area contributed by atoms with Crippen molar-refractivity contribution in [1.29, 1.82) is 5.26 Å². The van der Waals surface area contributed by atoms with Crippen LogP contribution in [0.15, 0.2) is 42.0 Å². The lowest BCUT2D eigenvalue weighted by Crippen LogP contribution is -2.73. The van der Waals surface area contributed by atoms with Crippen LogP contribution in [-0.2, 0) is 14.4 Å². The second-order valence-electron chi connectivity index (χ2n) is 7.88. The minimum atomic E-state index is -1.17. The summed E-state index contributed by atoms with van der Waals surface area (Å²) in [6.45, 7) is -0.0652. The third-order valence-corrected chi connectivity index (χ3v) is 6.30. The molecule has 1 atom stereocenters. The summed E-state index contributed by atoms with van der Waals surface area (Å²) in [5.74, 6) is -1.78. The normalized spacial score (nSPS) is 28.2. The van der Waals surface area contributed by atoms with Gasteiger partial charge in [0.05, 0.1) is 22.7 Å². The van der Waals surface area contributed by atoms with Crippen LogP contribution >= 0.6 is 11.6 Å². The maximum Gasteiger partial charge on any atom is 0.253 e. The summed E-state index contributed by atoms with van der Waals surface area (Å²) in [7, 11) is 0. The Kier molecular flexibility index (Phi) is 5.20. The Labute approximate surface area is 178 Å². The number of amides is 2. The van der Waals surface area contributed by atoms with E-state index in [4.69, 9.17) is 16.9 Å². The van der Waals surface area contributed by atoms with E-state index in [-0.39, 0.29) is 54.4 Å². The molecule has 2 aliphatic carbocycles. The molecule has 1 saturated carbocycles. The molecule has 30 heavy (non-hydrogen) atoms. The molecule has 4 rings (SSSR count). The maximum atomic E-state index is 14.6. The molecule has 1 unspecified atom stereocenters. The number of aldehydes is 1. The minimum absolute atomic E-state index is 0.0392. The van der Waals surface area contributed by atoms with Gasteiger partial charge in [-0.25, -0.2) is 4.39 Å². The smallest absolute Gasteiger partial charge is 0.253 e. The second-order valence-corrected chi connectivity index (χ2v) is 8.44. The Hall–Kier alpha value is -2.98. The molecule has 3 aliphatic rings. The van der Waals surface area contributed by atoms with Crippen molar-refractivity contribution in [2.45, 2.75) is 30.2 Å². The number of piperazine rings is 1. The largest absolute Gasteiger partial charge is 0.322 e. The average molecular weight is 428 g/mol. The lowest BCUT2D eigenvalue weighted by atomic mass is 9.65. The van der Waals surface area contributed by atoms with Crippen LogP contribution in [0.4, 0.5) is 10.1 Å². The van der Waals surface area contributed by atoms with Crippen LogP contribution in [0.3, 0.4) is 0 Å². The highest BCUT2D eigenvalue weighted by atomic mass is 35.5. The number of benzene rings is 1. The van der Waals surface area contributed by atoms with Crippen LogP contribution in [0.25, 0.3) is 0 Å². The van der Waals surface area contributed by atoms with Gasteiger partial charge in [0.25, 0.3) is 5.91 Å². The highest BCUT2D eigenvalue weighted by Gasteiger charge is 2.60.